The van der Waals surface area contributed by atoms with Crippen molar-refractivity contribution in [2.75, 3.05) is 13.7 Å². The highest BCUT2D eigenvalue weighted by Crippen LogP contribution is 2.31. The van der Waals surface area contributed by atoms with Gasteiger partial charge in [0.05, 0.1) is 18.1 Å². The van der Waals surface area contributed by atoms with E-state index in [1.54, 1.807) is 0 Å². The lowest BCUT2D eigenvalue weighted by Crippen LogP contribution is -2.13. The van der Waals surface area contributed by atoms with E-state index in [0.29, 0.717) is 11.3 Å². The van der Waals surface area contributed by atoms with Gasteiger partial charge < -0.3 is 14.0 Å². The number of hydrogen-bond acceptors (Lipinski definition) is 5. The summed E-state index contributed by atoms with van der Waals surface area (Å²) in [5.41, 5.74) is 2.36. The van der Waals surface area contributed by atoms with Gasteiger partial charge in [0.25, 0.3) is 5.69 Å². The zero-order valence-corrected chi connectivity index (χ0v) is 14.2. The molecule has 0 aliphatic heterocycles. The second-order valence-electron chi connectivity index (χ2n) is 5.33. The summed E-state index contributed by atoms with van der Waals surface area (Å²) in [6, 6.07) is 5.85. The molecular weight excluding hydrogens is 312 g/mol. The van der Waals surface area contributed by atoms with Crippen molar-refractivity contribution in [3.63, 3.8) is 0 Å². The van der Waals surface area contributed by atoms with Crippen LogP contribution in [0.3, 0.4) is 0 Å². The Hall–Kier alpha value is -2.83. The van der Waals surface area contributed by atoms with Crippen LogP contribution in [0, 0.1) is 24.0 Å². The third-order valence-corrected chi connectivity index (χ3v) is 3.91. The first-order valence-corrected chi connectivity index (χ1v) is 7.54. The summed E-state index contributed by atoms with van der Waals surface area (Å²) in [6.45, 7) is 6.41. The van der Waals surface area contributed by atoms with Gasteiger partial charge in [0.15, 0.2) is 18.1 Å². The number of aromatic nitrogens is 1. The molecule has 0 saturated heterocycles. The van der Waals surface area contributed by atoms with Crippen LogP contribution in [0.5, 0.6) is 11.5 Å². The molecule has 0 spiro atoms. The number of non-ortho nitro benzene ring substituents is 1. The largest absolute Gasteiger partial charge is 0.493 e. The molecule has 1 aromatic carbocycles. The fourth-order valence-electron chi connectivity index (χ4n) is 2.68. The molecule has 0 atom stereocenters. The Balaban J connectivity index is 2.20. The fraction of sp³-hybridized carbons (Fsp3) is 0.353. The number of aryl methyl sites for hydroxylation is 1. The van der Waals surface area contributed by atoms with Gasteiger partial charge in [-0.3, -0.25) is 14.9 Å². The van der Waals surface area contributed by atoms with Crippen LogP contribution in [0.1, 0.15) is 28.7 Å². The van der Waals surface area contributed by atoms with Crippen LogP contribution in [0.15, 0.2) is 24.3 Å². The van der Waals surface area contributed by atoms with Crippen LogP contribution in [0.25, 0.3) is 0 Å². The summed E-state index contributed by atoms with van der Waals surface area (Å²) in [5.74, 6) is 0.327. The van der Waals surface area contributed by atoms with Crippen molar-refractivity contribution in [2.24, 2.45) is 0 Å². The van der Waals surface area contributed by atoms with E-state index in [9.17, 15) is 14.9 Å². The number of nitrogens with zero attached hydrogens (tertiary/aromatic N) is 2. The van der Waals surface area contributed by atoms with Crippen molar-refractivity contribution in [1.29, 1.82) is 0 Å². The summed E-state index contributed by atoms with van der Waals surface area (Å²) in [5, 5.41) is 10.9. The molecule has 24 heavy (non-hydrogen) atoms. The number of rotatable bonds is 7. The van der Waals surface area contributed by atoms with Crippen molar-refractivity contribution in [1.82, 2.24) is 4.57 Å². The number of carbonyl (C=O) groups is 1. The van der Waals surface area contributed by atoms with Crippen LogP contribution in [-0.4, -0.2) is 29.0 Å². The average molecular weight is 332 g/mol. The van der Waals surface area contributed by atoms with Crippen molar-refractivity contribution < 1.29 is 19.2 Å². The number of nitro benzene ring substituents is 1. The molecule has 0 amide bonds. The molecule has 0 saturated carbocycles. The predicted molar refractivity (Wildman–Crippen MR) is 89.1 cm³/mol. The van der Waals surface area contributed by atoms with Crippen LogP contribution in [0.4, 0.5) is 5.69 Å². The number of methoxy groups -OCH3 is 1. The summed E-state index contributed by atoms with van der Waals surface area (Å²) in [7, 11) is 1.44. The molecule has 7 nitrogen and oxygen atoms in total. The van der Waals surface area contributed by atoms with Crippen LogP contribution in [-0.2, 0) is 6.54 Å². The normalized spacial score (nSPS) is 10.5. The number of ketones is 1. The zero-order valence-electron chi connectivity index (χ0n) is 14.2. The van der Waals surface area contributed by atoms with Gasteiger partial charge in [0.1, 0.15) is 0 Å². The van der Waals surface area contributed by atoms with E-state index in [4.69, 9.17) is 9.47 Å². The number of nitro groups is 1. The molecule has 0 bridgehead atoms. The maximum Gasteiger partial charge on any atom is 0.273 e. The first-order valence-electron chi connectivity index (χ1n) is 7.54. The highest BCUT2D eigenvalue weighted by atomic mass is 16.6. The van der Waals surface area contributed by atoms with Gasteiger partial charge in [0.2, 0.25) is 5.78 Å². The topological polar surface area (TPSA) is 83.6 Å². The van der Waals surface area contributed by atoms with E-state index in [1.165, 1.54) is 25.3 Å². The monoisotopic (exact) mass is 332 g/mol. The molecule has 0 aliphatic carbocycles. The van der Waals surface area contributed by atoms with E-state index in [0.717, 1.165) is 17.9 Å². The highest BCUT2D eigenvalue weighted by Gasteiger charge is 2.18. The molecule has 0 aliphatic rings. The van der Waals surface area contributed by atoms with Gasteiger partial charge in [0, 0.05) is 29.6 Å². The summed E-state index contributed by atoms with van der Waals surface area (Å²) >= 11 is 0. The Morgan fingerprint density at radius 3 is 2.50 bits per heavy atom. The second-order valence-corrected chi connectivity index (χ2v) is 5.33. The van der Waals surface area contributed by atoms with Gasteiger partial charge in [-0.2, -0.15) is 0 Å². The molecule has 2 rings (SSSR count). The van der Waals surface area contributed by atoms with Crippen LogP contribution >= 0.6 is 0 Å². The molecule has 7 heteroatoms. The fourth-order valence-corrected chi connectivity index (χ4v) is 2.68. The van der Waals surface area contributed by atoms with Crippen molar-refractivity contribution in [3.8, 4) is 11.5 Å². The third kappa shape index (κ3) is 3.40. The average Bonchev–Trinajstić information content (AvgIpc) is 2.86. The first-order chi connectivity index (χ1) is 11.4. The molecule has 1 heterocycles. The van der Waals surface area contributed by atoms with E-state index in [2.05, 4.69) is 0 Å². The molecule has 0 fully saturated rings. The maximum atomic E-state index is 12.4. The highest BCUT2D eigenvalue weighted by molar-refractivity contribution is 5.98. The van der Waals surface area contributed by atoms with E-state index >= 15 is 0 Å². The number of benzene rings is 1. The van der Waals surface area contributed by atoms with E-state index in [-0.39, 0.29) is 23.8 Å². The third-order valence-electron chi connectivity index (χ3n) is 3.91. The van der Waals surface area contributed by atoms with Gasteiger partial charge in [-0.25, -0.2) is 0 Å². The van der Waals surface area contributed by atoms with E-state index in [1.807, 2.05) is 31.4 Å². The Kier molecular flexibility index (Phi) is 5.23. The van der Waals surface area contributed by atoms with Crippen LogP contribution < -0.4 is 9.47 Å². The number of hydrogen-bond donors (Lipinski definition) is 0. The summed E-state index contributed by atoms with van der Waals surface area (Å²) in [6.07, 6.45) is 0. The van der Waals surface area contributed by atoms with Crippen molar-refractivity contribution in [2.45, 2.75) is 27.3 Å². The van der Waals surface area contributed by atoms with Crippen molar-refractivity contribution >= 4 is 11.5 Å². The Morgan fingerprint density at radius 2 is 1.96 bits per heavy atom. The molecule has 1 aromatic heterocycles. The summed E-state index contributed by atoms with van der Waals surface area (Å²) < 4.78 is 12.6. The second kappa shape index (κ2) is 7.16. The molecular formula is C17H20N2O5. The van der Waals surface area contributed by atoms with Gasteiger partial charge in [-0.1, -0.05) is 0 Å². The molecule has 0 N–H and O–H groups in total. The Bertz CT molecular complexity index is 780. The molecule has 2 aromatic rings. The number of ether oxygens (including phenoxy) is 2. The minimum atomic E-state index is -0.525. The predicted octanol–water partition coefficient (Wildman–Crippen LogP) is 3.30. The standard InChI is InChI=1S/C17H20N2O5/c1-5-18-11(2)8-14(12(18)3)15(20)10-24-17-9-13(19(21)22)6-7-16(17)23-4/h6-9H,5,10H2,1-4H3. The lowest BCUT2D eigenvalue weighted by Gasteiger charge is -2.10. The van der Waals surface area contributed by atoms with Gasteiger partial charge >= 0.3 is 0 Å². The molecule has 0 radical (unpaired) electrons. The van der Waals surface area contributed by atoms with Gasteiger partial charge in [-0.15, -0.1) is 0 Å². The number of Topliss-reactive ketones (excluding diaryl/α,β-unsaturated/α-hetero) is 1. The molecule has 0 unspecified atom stereocenters. The summed E-state index contributed by atoms with van der Waals surface area (Å²) in [4.78, 5) is 22.8. The SMILES string of the molecule is CCn1c(C)cc(C(=O)COc2cc([N+](=O)[O-])ccc2OC)c1C. The lowest BCUT2D eigenvalue weighted by atomic mass is 10.1. The minimum absolute atomic E-state index is 0.123. The Labute approximate surface area is 140 Å². The Morgan fingerprint density at radius 1 is 1.25 bits per heavy atom. The van der Waals surface area contributed by atoms with E-state index < -0.39 is 4.92 Å². The first kappa shape index (κ1) is 17.5. The lowest BCUT2D eigenvalue weighted by molar-refractivity contribution is -0.385. The quantitative estimate of drug-likeness (QED) is 0.441. The maximum absolute atomic E-state index is 12.4. The zero-order chi connectivity index (χ0) is 17.9. The minimum Gasteiger partial charge on any atom is -0.493 e. The van der Waals surface area contributed by atoms with Crippen LogP contribution in [0.2, 0.25) is 0 Å². The van der Waals surface area contributed by atoms with Gasteiger partial charge in [-0.05, 0) is 32.9 Å². The van der Waals surface area contributed by atoms with Crippen molar-refractivity contribution in [3.05, 3.63) is 51.3 Å². The number of carbonyl (C=O) groups excluding carboxylic acids is 1. The molecule has 128 valence electrons. The smallest absolute Gasteiger partial charge is 0.273 e.